The van der Waals surface area contributed by atoms with Crippen LogP contribution in [0.3, 0.4) is 0 Å². The molecule has 1 amide bonds. The molecule has 0 spiro atoms. The predicted octanol–water partition coefficient (Wildman–Crippen LogP) is 5.82. The monoisotopic (exact) mass is 595 g/mol. The average molecular weight is 596 g/mol. The van der Waals surface area contributed by atoms with E-state index in [0.717, 1.165) is 28.0 Å². The Morgan fingerprint density at radius 2 is 1.69 bits per heavy atom. The smallest absolute Gasteiger partial charge is 0.229 e. The van der Waals surface area contributed by atoms with E-state index >= 15 is 0 Å². The molecule has 0 saturated heterocycles. The molecular weight excluding hydrogens is 571 g/mol. The highest BCUT2D eigenvalue weighted by atomic mass is 32.2. The standard InChI is InChI=1S/C30H25N7O3S2/c1-42(39,40)36-24-12-6-11-23(19-24)33-29-31-14-13-25(34-29)28-27(35-30-37(28)15-16-41-30)21-9-5-10-22(18-21)32-26(38)17-20-7-3-2-4-8-20/h2-16,18-19,36H,17H2,1H3,(H,32,38)(H,31,33,34). The number of nitrogens with zero attached hydrogens (tertiary/aromatic N) is 4. The van der Waals surface area contributed by atoms with Gasteiger partial charge in [-0.3, -0.25) is 13.9 Å². The van der Waals surface area contributed by atoms with Crippen LogP contribution in [0.2, 0.25) is 0 Å². The lowest BCUT2D eigenvalue weighted by Gasteiger charge is -2.10. The summed E-state index contributed by atoms with van der Waals surface area (Å²) in [4.78, 5) is 27.5. The van der Waals surface area contributed by atoms with E-state index in [2.05, 4.69) is 20.3 Å². The quantitative estimate of drug-likeness (QED) is 0.192. The highest BCUT2D eigenvalue weighted by Gasteiger charge is 2.19. The van der Waals surface area contributed by atoms with Crippen molar-refractivity contribution >= 4 is 55.2 Å². The van der Waals surface area contributed by atoms with Gasteiger partial charge in [-0.05, 0) is 42.0 Å². The number of fused-ring (bicyclic) bond motifs is 1. The maximum Gasteiger partial charge on any atom is 0.229 e. The summed E-state index contributed by atoms with van der Waals surface area (Å²) < 4.78 is 27.7. The fourth-order valence-corrected chi connectivity index (χ4v) is 5.79. The lowest BCUT2D eigenvalue weighted by Crippen LogP contribution is -2.14. The summed E-state index contributed by atoms with van der Waals surface area (Å²) in [5.74, 6) is 0.230. The summed E-state index contributed by atoms with van der Waals surface area (Å²) in [7, 11) is -3.41. The molecule has 0 atom stereocenters. The number of carbonyl (C=O) groups is 1. The van der Waals surface area contributed by atoms with E-state index in [4.69, 9.17) is 9.97 Å². The number of rotatable bonds is 9. The third-order valence-corrected chi connectivity index (χ3v) is 7.57. The van der Waals surface area contributed by atoms with Gasteiger partial charge in [0.25, 0.3) is 0 Å². The lowest BCUT2D eigenvalue weighted by molar-refractivity contribution is -0.115. The van der Waals surface area contributed by atoms with Crippen molar-refractivity contribution in [2.24, 2.45) is 0 Å². The normalized spacial score (nSPS) is 11.4. The topological polar surface area (TPSA) is 130 Å². The first-order chi connectivity index (χ1) is 20.3. The van der Waals surface area contributed by atoms with Crippen molar-refractivity contribution in [1.29, 1.82) is 0 Å². The molecule has 0 bridgehead atoms. The summed E-state index contributed by atoms with van der Waals surface area (Å²) >= 11 is 1.51. The largest absolute Gasteiger partial charge is 0.326 e. The maximum absolute atomic E-state index is 12.7. The summed E-state index contributed by atoms with van der Waals surface area (Å²) in [6.45, 7) is 0. The number of hydrogen-bond acceptors (Lipinski definition) is 8. The number of benzene rings is 3. The van der Waals surface area contributed by atoms with Gasteiger partial charge in [-0.1, -0.05) is 48.5 Å². The number of amides is 1. The molecular formula is C30H25N7O3S2. The molecule has 12 heteroatoms. The van der Waals surface area contributed by atoms with Gasteiger partial charge < -0.3 is 10.6 Å². The number of imidazole rings is 1. The predicted molar refractivity (Wildman–Crippen MR) is 166 cm³/mol. The number of sulfonamides is 1. The van der Waals surface area contributed by atoms with Gasteiger partial charge in [-0.2, -0.15) is 0 Å². The molecule has 3 aromatic heterocycles. The van der Waals surface area contributed by atoms with Crippen molar-refractivity contribution in [3.8, 4) is 22.6 Å². The van der Waals surface area contributed by atoms with Crippen LogP contribution >= 0.6 is 11.3 Å². The van der Waals surface area contributed by atoms with Crippen molar-refractivity contribution in [2.75, 3.05) is 21.6 Å². The third kappa shape index (κ3) is 6.29. The Bertz CT molecular complexity index is 2000. The van der Waals surface area contributed by atoms with Crippen LogP contribution in [0.25, 0.3) is 27.6 Å². The molecule has 210 valence electrons. The van der Waals surface area contributed by atoms with Crippen molar-refractivity contribution in [3.63, 3.8) is 0 Å². The molecule has 0 fully saturated rings. The number of carbonyl (C=O) groups excluding carboxylic acids is 1. The molecule has 6 rings (SSSR count). The van der Waals surface area contributed by atoms with Gasteiger partial charge in [-0.25, -0.2) is 23.4 Å². The van der Waals surface area contributed by atoms with E-state index in [9.17, 15) is 13.2 Å². The summed E-state index contributed by atoms with van der Waals surface area (Å²) in [5, 5.41) is 8.10. The fourth-order valence-electron chi connectivity index (χ4n) is 4.52. The molecule has 3 N–H and O–H groups in total. The summed E-state index contributed by atoms with van der Waals surface area (Å²) in [6, 6.07) is 25.8. The molecule has 3 heterocycles. The van der Waals surface area contributed by atoms with E-state index in [1.54, 1.807) is 30.5 Å². The molecule has 0 aliphatic carbocycles. The van der Waals surface area contributed by atoms with Crippen LogP contribution in [-0.2, 0) is 21.2 Å². The zero-order valence-corrected chi connectivity index (χ0v) is 24.0. The number of nitrogens with one attached hydrogen (secondary N) is 3. The highest BCUT2D eigenvalue weighted by molar-refractivity contribution is 7.92. The van der Waals surface area contributed by atoms with Gasteiger partial charge >= 0.3 is 0 Å². The number of anilines is 4. The van der Waals surface area contributed by atoms with Gasteiger partial charge in [0.1, 0.15) is 5.69 Å². The number of hydrogen-bond donors (Lipinski definition) is 3. The first kappa shape index (κ1) is 27.1. The van der Waals surface area contributed by atoms with E-state index in [-0.39, 0.29) is 12.3 Å². The molecule has 0 aliphatic rings. The first-order valence-corrected chi connectivity index (χ1v) is 15.7. The van der Waals surface area contributed by atoms with Crippen LogP contribution < -0.4 is 15.4 Å². The second kappa shape index (κ2) is 11.4. The van der Waals surface area contributed by atoms with E-state index in [1.807, 2.05) is 76.6 Å². The molecule has 3 aromatic carbocycles. The Morgan fingerprint density at radius 3 is 2.52 bits per heavy atom. The summed E-state index contributed by atoms with van der Waals surface area (Å²) in [6.07, 6.45) is 4.97. The Balaban J connectivity index is 1.30. The van der Waals surface area contributed by atoms with Gasteiger partial charge in [0.15, 0.2) is 4.96 Å². The second-order valence-corrected chi connectivity index (χ2v) is 12.1. The van der Waals surface area contributed by atoms with Crippen LogP contribution in [0.5, 0.6) is 0 Å². The molecule has 6 aromatic rings. The van der Waals surface area contributed by atoms with Crippen LogP contribution in [0.4, 0.5) is 23.0 Å². The second-order valence-electron chi connectivity index (χ2n) is 9.50. The van der Waals surface area contributed by atoms with Gasteiger partial charge in [0.2, 0.25) is 21.9 Å². The molecule has 0 radical (unpaired) electrons. The fraction of sp³-hybridized carbons (Fsp3) is 0.0667. The van der Waals surface area contributed by atoms with Gasteiger partial charge in [0, 0.05) is 34.7 Å². The van der Waals surface area contributed by atoms with Crippen LogP contribution in [0.1, 0.15) is 5.56 Å². The Hall–Kier alpha value is -5.07. The third-order valence-electron chi connectivity index (χ3n) is 6.21. The van der Waals surface area contributed by atoms with Crippen molar-refractivity contribution in [3.05, 3.63) is 108 Å². The van der Waals surface area contributed by atoms with Gasteiger partial charge in [0.05, 0.1) is 29.8 Å². The average Bonchev–Trinajstić information content (AvgIpc) is 3.55. The van der Waals surface area contributed by atoms with Crippen molar-refractivity contribution in [1.82, 2.24) is 19.4 Å². The SMILES string of the molecule is CS(=O)(=O)Nc1cccc(Nc2nccc(-c3c(-c4cccc(NC(=O)Cc5ccccc5)c4)nc4sccn34)n2)c1. The summed E-state index contributed by atoms with van der Waals surface area (Å²) in [5.41, 5.74) is 5.60. The maximum atomic E-state index is 12.7. The Labute approximate surface area is 246 Å². The Morgan fingerprint density at radius 1 is 0.905 bits per heavy atom. The van der Waals surface area contributed by atoms with Gasteiger partial charge in [-0.15, -0.1) is 11.3 Å². The minimum atomic E-state index is -3.41. The van der Waals surface area contributed by atoms with Crippen molar-refractivity contribution in [2.45, 2.75) is 6.42 Å². The number of thiazole rings is 1. The Kier molecular flexibility index (Phi) is 7.38. The van der Waals surface area contributed by atoms with E-state index in [0.29, 0.717) is 34.4 Å². The molecule has 10 nitrogen and oxygen atoms in total. The van der Waals surface area contributed by atoms with Crippen LogP contribution in [0, 0.1) is 0 Å². The minimum absolute atomic E-state index is 0.105. The lowest BCUT2D eigenvalue weighted by atomic mass is 10.1. The zero-order chi connectivity index (χ0) is 29.1. The van der Waals surface area contributed by atoms with Crippen LogP contribution in [0.15, 0.2) is 103 Å². The minimum Gasteiger partial charge on any atom is -0.326 e. The number of aromatic nitrogens is 4. The molecule has 42 heavy (non-hydrogen) atoms. The molecule has 0 saturated carbocycles. The molecule has 0 unspecified atom stereocenters. The highest BCUT2D eigenvalue weighted by Crippen LogP contribution is 2.35. The first-order valence-electron chi connectivity index (χ1n) is 12.9. The van der Waals surface area contributed by atoms with E-state index in [1.165, 1.54) is 11.3 Å². The molecule has 0 aliphatic heterocycles. The van der Waals surface area contributed by atoms with E-state index < -0.39 is 10.0 Å². The van der Waals surface area contributed by atoms with Crippen LogP contribution in [-0.4, -0.2) is 39.9 Å². The zero-order valence-electron chi connectivity index (χ0n) is 22.4. The van der Waals surface area contributed by atoms with Crippen molar-refractivity contribution < 1.29 is 13.2 Å².